The summed E-state index contributed by atoms with van der Waals surface area (Å²) in [5.41, 5.74) is 1.62. The van der Waals surface area contributed by atoms with Gasteiger partial charge in [0.1, 0.15) is 13.2 Å². The SMILES string of the molecule is COc1cc(C(=O)N(Cc2ccccc2)C(C)C)cc2c1OCCO2. The summed E-state index contributed by atoms with van der Waals surface area (Å²) in [6.45, 7) is 5.51. The fourth-order valence-corrected chi connectivity index (χ4v) is 2.83. The lowest BCUT2D eigenvalue weighted by Crippen LogP contribution is -2.36. The standard InChI is InChI=1S/C20H23NO4/c1-14(2)21(13-15-7-5-4-6-8-15)20(22)16-11-17(23-3)19-18(12-16)24-9-10-25-19/h4-8,11-12,14H,9-10,13H2,1-3H3. The van der Waals surface area contributed by atoms with E-state index in [0.717, 1.165) is 5.56 Å². The number of fused-ring (bicyclic) bond motifs is 1. The van der Waals surface area contributed by atoms with Crippen LogP contribution in [-0.2, 0) is 6.54 Å². The minimum absolute atomic E-state index is 0.0610. The molecule has 0 bridgehead atoms. The quantitative estimate of drug-likeness (QED) is 0.835. The van der Waals surface area contributed by atoms with E-state index in [1.807, 2.05) is 49.1 Å². The lowest BCUT2D eigenvalue weighted by Gasteiger charge is -2.28. The second kappa shape index (κ2) is 7.47. The van der Waals surface area contributed by atoms with E-state index in [-0.39, 0.29) is 11.9 Å². The minimum Gasteiger partial charge on any atom is -0.493 e. The maximum absolute atomic E-state index is 13.1. The van der Waals surface area contributed by atoms with Gasteiger partial charge in [-0.15, -0.1) is 0 Å². The third kappa shape index (κ3) is 3.71. The van der Waals surface area contributed by atoms with Crippen molar-refractivity contribution in [3.05, 3.63) is 53.6 Å². The molecule has 0 fully saturated rings. The largest absolute Gasteiger partial charge is 0.493 e. The number of rotatable bonds is 5. The average Bonchev–Trinajstić information content (AvgIpc) is 2.65. The molecular formula is C20H23NO4. The Kier molecular flexibility index (Phi) is 5.12. The van der Waals surface area contributed by atoms with E-state index >= 15 is 0 Å². The second-order valence-corrected chi connectivity index (χ2v) is 6.22. The Bertz CT molecular complexity index is 726. The molecule has 0 atom stereocenters. The molecule has 5 nitrogen and oxygen atoms in total. The number of hydrogen-bond acceptors (Lipinski definition) is 4. The van der Waals surface area contributed by atoms with Crippen LogP contribution in [0.2, 0.25) is 0 Å². The predicted molar refractivity (Wildman–Crippen MR) is 95.4 cm³/mol. The van der Waals surface area contributed by atoms with Crippen LogP contribution in [0.1, 0.15) is 29.8 Å². The highest BCUT2D eigenvalue weighted by molar-refractivity contribution is 5.95. The van der Waals surface area contributed by atoms with Crippen molar-refractivity contribution in [1.82, 2.24) is 4.90 Å². The molecule has 1 aliphatic rings. The lowest BCUT2D eigenvalue weighted by atomic mass is 10.1. The second-order valence-electron chi connectivity index (χ2n) is 6.22. The summed E-state index contributed by atoms with van der Waals surface area (Å²) >= 11 is 0. The molecule has 1 amide bonds. The Labute approximate surface area is 148 Å². The molecule has 3 rings (SSSR count). The fourth-order valence-electron chi connectivity index (χ4n) is 2.83. The van der Waals surface area contributed by atoms with Gasteiger partial charge in [0, 0.05) is 18.2 Å². The first-order valence-electron chi connectivity index (χ1n) is 8.42. The van der Waals surface area contributed by atoms with Crippen LogP contribution in [0.4, 0.5) is 0 Å². The number of amides is 1. The maximum atomic E-state index is 13.1. The summed E-state index contributed by atoms with van der Waals surface area (Å²) in [7, 11) is 1.56. The fraction of sp³-hybridized carbons (Fsp3) is 0.350. The molecule has 0 saturated carbocycles. The van der Waals surface area contributed by atoms with E-state index in [1.165, 1.54) is 0 Å². The molecule has 0 saturated heterocycles. The van der Waals surface area contributed by atoms with Gasteiger partial charge in [-0.2, -0.15) is 0 Å². The highest BCUT2D eigenvalue weighted by Gasteiger charge is 2.25. The Morgan fingerprint density at radius 3 is 2.56 bits per heavy atom. The first kappa shape index (κ1) is 17.1. The smallest absolute Gasteiger partial charge is 0.254 e. The third-order valence-electron chi connectivity index (χ3n) is 4.15. The number of ether oxygens (including phenoxy) is 3. The van der Waals surface area contributed by atoms with Gasteiger partial charge < -0.3 is 19.1 Å². The molecule has 0 radical (unpaired) electrons. The summed E-state index contributed by atoms with van der Waals surface area (Å²) in [4.78, 5) is 15.0. The van der Waals surface area contributed by atoms with Gasteiger partial charge in [0.15, 0.2) is 11.5 Å². The van der Waals surface area contributed by atoms with Gasteiger partial charge in [0.05, 0.1) is 7.11 Å². The van der Waals surface area contributed by atoms with Crippen molar-refractivity contribution in [2.75, 3.05) is 20.3 Å². The van der Waals surface area contributed by atoms with E-state index in [4.69, 9.17) is 14.2 Å². The topological polar surface area (TPSA) is 48.0 Å². The van der Waals surface area contributed by atoms with Crippen molar-refractivity contribution in [2.24, 2.45) is 0 Å². The number of carbonyl (C=O) groups excluding carboxylic acids is 1. The molecule has 0 aliphatic carbocycles. The molecule has 1 heterocycles. The summed E-state index contributed by atoms with van der Waals surface area (Å²) < 4.78 is 16.6. The van der Waals surface area contributed by atoms with Gasteiger partial charge in [-0.25, -0.2) is 0 Å². The molecule has 5 heteroatoms. The number of methoxy groups -OCH3 is 1. The van der Waals surface area contributed by atoms with Crippen LogP contribution in [0, 0.1) is 0 Å². The molecule has 2 aromatic carbocycles. The van der Waals surface area contributed by atoms with Crippen LogP contribution in [0.5, 0.6) is 17.2 Å². The van der Waals surface area contributed by atoms with Gasteiger partial charge in [0.25, 0.3) is 5.91 Å². The average molecular weight is 341 g/mol. The lowest BCUT2D eigenvalue weighted by molar-refractivity contribution is 0.0688. The summed E-state index contributed by atoms with van der Waals surface area (Å²) in [6.07, 6.45) is 0. The molecule has 0 spiro atoms. The Morgan fingerprint density at radius 2 is 1.88 bits per heavy atom. The molecule has 0 N–H and O–H groups in total. The number of benzene rings is 2. The van der Waals surface area contributed by atoms with Crippen molar-refractivity contribution in [2.45, 2.75) is 26.4 Å². The molecular weight excluding hydrogens is 318 g/mol. The van der Waals surface area contributed by atoms with Crippen LogP contribution in [-0.4, -0.2) is 37.2 Å². The zero-order chi connectivity index (χ0) is 17.8. The van der Waals surface area contributed by atoms with E-state index in [2.05, 4.69) is 0 Å². The number of carbonyl (C=O) groups is 1. The maximum Gasteiger partial charge on any atom is 0.254 e. The number of hydrogen-bond donors (Lipinski definition) is 0. The zero-order valence-corrected chi connectivity index (χ0v) is 14.8. The third-order valence-corrected chi connectivity index (χ3v) is 4.15. The van der Waals surface area contributed by atoms with Crippen molar-refractivity contribution in [1.29, 1.82) is 0 Å². The first-order valence-corrected chi connectivity index (χ1v) is 8.42. The van der Waals surface area contributed by atoms with Gasteiger partial charge >= 0.3 is 0 Å². The summed E-state index contributed by atoms with van der Waals surface area (Å²) in [6, 6.07) is 13.5. The van der Waals surface area contributed by atoms with Crippen LogP contribution >= 0.6 is 0 Å². The molecule has 0 unspecified atom stereocenters. The van der Waals surface area contributed by atoms with Crippen molar-refractivity contribution >= 4 is 5.91 Å². The monoisotopic (exact) mass is 341 g/mol. The van der Waals surface area contributed by atoms with Gasteiger partial charge in [0.2, 0.25) is 5.75 Å². The molecule has 1 aliphatic heterocycles. The van der Waals surface area contributed by atoms with E-state index in [1.54, 1.807) is 19.2 Å². The Balaban J connectivity index is 1.92. The Morgan fingerprint density at radius 1 is 1.16 bits per heavy atom. The van der Waals surface area contributed by atoms with Crippen molar-refractivity contribution in [3.8, 4) is 17.2 Å². The minimum atomic E-state index is -0.0610. The van der Waals surface area contributed by atoms with E-state index < -0.39 is 0 Å². The Hall–Kier alpha value is -2.69. The van der Waals surface area contributed by atoms with Gasteiger partial charge in [-0.3, -0.25) is 4.79 Å². The van der Waals surface area contributed by atoms with Crippen molar-refractivity contribution in [3.63, 3.8) is 0 Å². The van der Waals surface area contributed by atoms with Crippen LogP contribution in [0.15, 0.2) is 42.5 Å². The van der Waals surface area contributed by atoms with Crippen LogP contribution < -0.4 is 14.2 Å². The van der Waals surface area contributed by atoms with E-state index in [9.17, 15) is 4.79 Å². The molecule has 2 aromatic rings. The van der Waals surface area contributed by atoms with Crippen LogP contribution in [0.3, 0.4) is 0 Å². The summed E-state index contributed by atoms with van der Waals surface area (Å²) in [5.74, 6) is 1.57. The predicted octanol–water partition coefficient (Wildman–Crippen LogP) is 3.52. The number of nitrogens with zero attached hydrogens (tertiary/aromatic N) is 1. The van der Waals surface area contributed by atoms with Gasteiger partial charge in [-0.05, 0) is 31.5 Å². The molecule has 25 heavy (non-hydrogen) atoms. The van der Waals surface area contributed by atoms with E-state index in [0.29, 0.717) is 42.6 Å². The van der Waals surface area contributed by atoms with Crippen molar-refractivity contribution < 1.29 is 19.0 Å². The highest BCUT2D eigenvalue weighted by atomic mass is 16.6. The summed E-state index contributed by atoms with van der Waals surface area (Å²) in [5, 5.41) is 0. The molecule has 0 aromatic heterocycles. The first-order chi connectivity index (χ1) is 12.1. The molecule has 132 valence electrons. The van der Waals surface area contributed by atoms with Gasteiger partial charge in [-0.1, -0.05) is 30.3 Å². The zero-order valence-electron chi connectivity index (χ0n) is 14.8. The van der Waals surface area contributed by atoms with Crippen LogP contribution in [0.25, 0.3) is 0 Å². The normalized spacial score (nSPS) is 12.8. The highest BCUT2D eigenvalue weighted by Crippen LogP contribution is 2.40.